The van der Waals surface area contributed by atoms with Gasteiger partial charge < -0.3 is 16.0 Å². The van der Waals surface area contributed by atoms with Crippen LogP contribution in [0.5, 0.6) is 0 Å². The van der Waals surface area contributed by atoms with E-state index in [-0.39, 0.29) is 5.91 Å². The zero-order valence-corrected chi connectivity index (χ0v) is 12.6. The molecule has 108 valence electrons. The van der Waals surface area contributed by atoms with Crippen LogP contribution in [0.1, 0.15) is 6.42 Å². The SMILES string of the molecule is Nc1ccc2nc(NC(=O)CCSc3ncc[nH]3)sc2c1. The topological polar surface area (TPSA) is 96.7 Å². The smallest absolute Gasteiger partial charge is 0.226 e. The van der Waals surface area contributed by atoms with Crippen molar-refractivity contribution in [1.82, 2.24) is 15.0 Å². The summed E-state index contributed by atoms with van der Waals surface area (Å²) < 4.78 is 0.968. The Hall–Kier alpha value is -2.06. The van der Waals surface area contributed by atoms with Crippen LogP contribution < -0.4 is 11.1 Å². The number of rotatable bonds is 5. The van der Waals surface area contributed by atoms with Crippen LogP contribution >= 0.6 is 23.1 Å². The first kappa shape index (κ1) is 13.9. The monoisotopic (exact) mass is 319 g/mol. The zero-order chi connectivity index (χ0) is 14.7. The summed E-state index contributed by atoms with van der Waals surface area (Å²) in [4.78, 5) is 23.3. The van der Waals surface area contributed by atoms with E-state index in [4.69, 9.17) is 5.73 Å². The maximum atomic E-state index is 11.9. The average molecular weight is 319 g/mol. The number of fused-ring (bicyclic) bond motifs is 1. The third kappa shape index (κ3) is 3.53. The molecular weight excluding hydrogens is 306 g/mol. The third-order valence-corrected chi connectivity index (χ3v) is 4.54. The second-order valence-corrected chi connectivity index (χ2v) is 6.40. The zero-order valence-electron chi connectivity index (χ0n) is 11.0. The highest BCUT2D eigenvalue weighted by Gasteiger charge is 2.08. The maximum Gasteiger partial charge on any atom is 0.226 e. The highest BCUT2D eigenvalue weighted by atomic mass is 32.2. The number of thiazole rings is 1. The Kier molecular flexibility index (Phi) is 4.07. The van der Waals surface area contributed by atoms with Gasteiger partial charge in [0.1, 0.15) is 0 Å². The van der Waals surface area contributed by atoms with Crippen molar-refractivity contribution in [3.63, 3.8) is 0 Å². The Balaban J connectivity index is 1.55. The van der Waals surface area contributed by atoms with E-state index in [0.717, 1.165) is 15.4 Å². The van der Waals surface area contributed by atoms with Gasteiger partial charge in [-0.05, 0) is 18.2 Å². The number of imidazole rings is 1. The van der Waals surface area contributed by atoms with Crippen molar-refractivity contribution >= 4 is 50.0 Å². The van der Waals surface area contributed by atoms with E-state index in [1.54, 1.807) is 18.5 Å². The van der Waals surface area contributed by atoms with Crippen LogP contribution in [0.3, 0.4) is 0 Å². The number of nitrogens with one attached hydrogen (secondary N) is 2. The van der Waals surface area contributed by atoms with Gasteiger partial charge in [0.05, 0.1) is 10.2 Å². The Morgan fingerprint density at radius 1 is 1.48 bits per heavy atom. The van der Waals surface area contributed by atoms with Crippen LogP contribution in [-0.4, -0.2) is 26.6 Å². The Morgan fingerprint density at radius 2 is 2.38 bits per heavy atom. The molecule has 0 saturated heterocycles. The standard InChI is InChI=1S/C13H13N5OS2/c14-8-1-2-9-10(7-8)21-13(17-9)18-11(19)3-6-20-12-15-4-5-16-12/h1-2,4-5,7H,3,6,14H2,(H,15,16)(H,17,18,19). The van der Waals surface area contributed by atoms with E-state index < -0.39 is 0 Å². The number of amides is 1. The number of nitrogens with two attached hydrogens (primary N) is 1. The van der Waals surface area contributed by atoms with Crippen LogP contribution in [0, 0.1) is 0 Å². The largest absolute Gasteiger partial charge is 0.399 e. The number of H-pyrrole nitrogens is 1. The highest BCUT2D eigenvalue weighted by molar-refractivity contribution is 7.99. The van der Waals surface area contributed by atoms with Crippen LogP contribution in [0.25, 0.3) is 10.2 Å². The first-order valence-corrected chi connectivity index (χ1v) is 8.09. The van der Waals surface area contributed by atoms with Gasteiger partial charge in [0.2, 0.25) is 5.91 Å². The fourth-order valence-electron chi connectivity index (χ4n) is 1.75. The first-order valence-electron chi connectivity index (χ1n) is 6.29. The van der Waals surface area contributed by atoms with Gasteiger partial charge >= 0.3 is 0 Å². The average Bonchev–Trinajstić information content (AvgIpc) is 3.07. The summed E-state index contributed by atoms with van der Waals surface area (Å²) in [5.41, 5.74) is 7.26. The summed E-state index contributed by atoms with van der Waals surface area (Å²) >= 11 is 2.93. The fourth-order valence-corrected chi connectivity index (χ4v) is 3.44. The molecule has 0 radical (unpaired) electrons. The summed E-state index contributed by atoms with van der Waals surface area (Å²) in [7, 11) is 0. The molecule has 1 aromatic carbocycles. The van der Waals surface area contributed by atoms with E-state index >= 15 is 0 Å². The molecule has 3 rings (SSSR count). The molecule has 0 saturated carbocycles. The minimum Gasteiger partial charge on any atom is -0.399 e. The molecule has 0 aliphatic carbocycles. The number of aromatic nitrogens is 3. The van der Waals surface area contributed by atoms with Crippen LogP contribution in [0.15, 0.2) is 35.7 Å². The number of anilines is 2. The van der Waals surface area contributed by atoms with Crippen molar-refractivity contribution in [3.8, 4) is 0 Å². The molecule has 0 aliphatic heterocycles. The van der Waals surface area contributed by atoms with Crippen LogP contribution in [0.2, 0.25) is 0 Å². The van der Waals surface area contributed by atoms with Gasteiger partial charge in [0.15, 0.2) is 10.3 Å². The molecule has 3 aromatic rings. The Labute approximate surface area is 129 Å². The molecule has 2 heterocycles. The van der Waals surface area contributed by atoms with Gasteiger partial charge in [-0.2, -0.15) is 0 Å². The van der Waals surface area contributed by atoms with Crippen molar-refractivity contribution in [2.75, 3.05) is 16.8 Å². The molecule has 0 spiro atoms. The van der Waals surface area contributed by atoms with Gasteiger partial charge in [0.25, 0.3) is 0 Å². The summed E-state index contributed by atoms with van der Waals surface area (Å²) in [6, 6.07) is 5.51. The number of hydrogen-bond donors (Lipinski definition) is 3. The summed E-state index contributed by atoms with van der Waals surface area (Å²) in [5, 5.41) is 4.23. The number of benzene rings is 1. The van der Waals surface area contributed by atoms with E-state index in [9.17, 15) is 4.79 Å². The molecule has 0 unspecified atom stereocenters. The third-order valence-electron chi connectivity index (χ3n) is 2.70. The minimum absolute atomic E-state index is 0.0546. The van der Waals surface area contributed by atoms with Crippen molar-refractivity contribution in [2.45, 2.75) is 11.6 Å². The van der Waals surface area contributed by atoms with Gasteiger partial charge in [-0.3, -0.25) is 4.79 Å². The normalized spacial score (nSPS) is 10.9. The summed E-state index contributed by atoms with van der Waals surface area (Å²) in [6.07, 6.45) is 3.86. The van der Waals surface area contributed by atoms with Gasteiger partial charge in [-0.15, -0.1) is 0 Å². The first-order chi connectivity index (χ1) is 10.2. The number of carbonyl (C=O) groups is 1. The van der Waals surface area contributed by atoms with E-state index in [1.807, 2.05) is 12.1 Å². The van der Waals surface area contributed by atoms with Crippen molar-refractivity contribution in [1.29, 1.82) is 0 Å². The highest BCUT2D eigenvalue weighted by Crippen LogP contribution is 2.27. The second-order valence-electron chi connectivity index (χ2n) is 4.29. The molecule has 0 atom stereocenters. The molecule has 1 amide bonds. The number of carbonyl (C=O) groups excluding carboxylic acids is 1. The lowest BCUT2D eigenvalue weighted by Crippen LogP contribution is -2.11. The van der Waals surface area contributed by atoms with E-state index in [2.05, 4.69) is 20.3 Å². The number of aromatic amines is 1. The van der Waals surface area contributed by atoms with E-state index in [1.165, 1.54) is 23.1 Å². The molecule has 0 fully saturated rings. The van der Waals surface area contributed by atoms with E-state index in [0.29, 0.717) is 23.0 Å². The van der Waals surface area contributed by atoms with Crippen molar-refractivity contribution < 1.29 is 4.79 Å². The fraction of sp³-hybridized carbons (Fsp3) is 0.154. The van der Waals surface area contributed by atoms with Crippen LogP contribution in [0.4, 0.5) is 10.8 Å². The number of hydrogen-bond acceptors (Lipinski definition) is 6. The number of nitrogen functional groups attached to an aromatic ring is 1. The predicted molar refractivity (Wildman–Crippen MR) is 86.6 cm³/mol. The number of nitrogens with zero attached hydrogens (tertiary/aromatic N) is 2. The van der Waals surface area contributed by atoms with Crippen LogP contribution in [-0.2, 0) is 4.79 Å². The quantitative estimate of drug-likeness (QED) is 0.496. The lowest BCUT2D eigenvalue weighted by molar-refractivity contribution is -0.115. The predicted octanol–water partition coefficient (Wildman–Crippen LogP) is 2.72. The summed E-state index contributed by atoms with van der Waals surface area (Å²) in [6.45, 7) is 0. The minimum atomic E-state index is -0.0546. The van der Waals surface area contributed by atoms with Gasteiger partial charge in [-0.1, -0.05) is 23.1 Å². The molecule has 8 heteroatoms. The molecule has 0 bridgehead atoms. The van der Waals surface area contributed by atoms with Gasteiger partial charge in [0, 0.05) is 30.3 Å². The molecule has 21 heavy (non-hydrogen) atoms. The van der Waals surface area contributed by atoms with Gasteiger partial charge in [-0.25, -0.2) is 9.97 Å². The molecule has 0 aliphatic rings. The van der Waals surface area contributed by atoms with Crippen molar-refractivity contribution in [3.05, 3.63) is 30.6 Å². The Bertz CT molecular complexity index is 753. The van der Waals surface area contributed by atoms with Crippen molar-refractivity contribution in [2.24, 2.45) is 0 Å². The maximum absolute atomic E-state index is 11.9. The lowest BCUT2D eigenvalue weighted by atomic mass is 10.3. The summed E-state index contributed by atoms with van der Waals surface area (Å²) in [5.74, 6) is 0.609. The number of thioether (sulfide) groups is 1. The second kappa shape index (κ2) is 6.15. The molecule has 4 N–H and O–H groups in total. The molecule has 6 nitrogen and oxygen atoms in total. The molecule has 2 aromatic heterocycles. The molecular formula is C13H13N5OS2. The lowest BCUT2D eigenvalue weighted by Gasteiger charge is -2.00. The Morgan fingerprint density at radius 3 is 3.19 bits per heavy atom.